The van der Waals surface area contributed by atoms with E-state index in [-0.39, 0.29) is 5.97 Å². The number of benzene rings is 7. The van der Waals surface area contributed by atoms with Crippen LogP contribution < -0.4 is 31.2 Å². The van der Waals surface area contributed by atoms with E-state index in [0.717, 1.165) is 21.3 Å². The van der Waals surface area contributed by atoms with Crippen LogP contribution in [0.15, 0.2) is 152 Å². The molecule has 0 N–H and O–H groups in total. The molecule has 3 nitrogen and oxygen atoms in total. The highest BCUT2D eigenvalue weighted by Gasteiger charge is 2.47. The summed E-state index contributed by atoms with van der Waals surface area (Å²) in [5.74, 6) is 0.232. The van der Waals surface area contributed by atoms with Gasteiger partial charge in [-0.3, -0.25) is 0 Å². The zero-order valence-electron chi connectivity index (χ0n) is 41.0. The van der Waals surface area contributed by atoms with E-state index in [1.807, 2.05) is 78.2 Å². The van der Waals surface area contributed by atoms with Crippen molar-refractivity contribution in [3.8, 4) is 5.75 Å². The fraction of sp³-hybridized carbons (Fsp3) is 0.185. The number of carbonyl (C=O) groups excluding carboxylic acids is 1. The summed E-state index contributed by atoms with van der Waals surface area (Å²) >= 11 is 1.46. The molecule has 29 heteroatoms. The summed E-state index contributed by atoms with van der Waals surface area (Å²) in [5.41, 5.74) is -26.9. The standard InChI is InChI=1S/C32H12BF24.C22H18NO2S/c34-25(35,36)13-1-14(26(37,38)39)6-21(5-13)33(22-7-15(27(40,41)42)2-16(8-22)28(43,44)45,23-9-17(29(46,47)48)3-18(10-23)30(49,50)51)24-11-19(31(52,53)54)4-20(12-24)32(55,56)57;1-16-11-13-18(14-12-16)25-22(24)21-23(15-17-7-3-2-4-8-17)19-9-5-6-10-20(19)26-21/h1-12H;2-14H,15H2,1H3/q-1;+1. The van der Waals surface area contributed by atoms with Gasteiger partial charge in [0.05, 0.1) is 44.5 Å². The zero-order chi connectivity index (χ0) is 61.8. The number of rotatable bonds is 8. The van der Waals surface area contributed by atoms with Crippen LogP contribution in [-0.2, 0) is 56.0 Å². The number of fused-ring (bicyclic) bond motifs is 1. The Morgan fingerprint density at radius 1 is 0.398 bits per heavy atom. The molecule has 0 atom stereocenters. The maximum atomic E-state index is 14.2. The van der Waals surface area contributed by atoms with Crippen LogP contribution in [0, 0.1) is 6.92 Å². The molecule has 0 saturated heterocycles. The van der Waals surface area contributed by atoms with Crippen LogP contribution in [0.2, 0.25) is 0 Å². The Morgan fingerprint density at radius 3 is 0.988 bits per heavy atom. The van der Waals surface area contributed by atoms with Crippen LogP contribution in [-0.4, -0.2) is 12.1 Å². The van der Waals surface area contributed by atoms with E-state index in [0.29, 0.717) is 17.3 Å². The van der Waals surface area contributed by atoms with E-state index in [2.05, 4.69) is 12.1 Å². The molecule has 0 aliphatic rings. The number of ether oxygens (including phenoxy) is 1. The molecule has 0 aliphatic carbocycles. The van der Waals surface area contributed by atoms with E-state index in [9.17, 15) is 110 Å². The number of hydrogen-bond acceptors (Lipinski definition) is 3. The summed E-state index contributed by atoms with van der Waals surface area (Å²) in [4.78, 5) is 12.8. The van der Waals surface area contributed by atoms with Gasteiger partial charge in [-0.15, -0.1) is 0 Å². The number of nitrogens with zero attached hydrogens (tertiary/aromatic N) is 1. The third kappa shape index (κ3) is 14.2. The van der Waals surface area contributed by atoms with Crippen molar-refractivity contribution in [3.63, 3.8) is 0 Å². The normalized spacial score (nSPS) is 13.2. The van der Waals surface area contributed by atoms with E-state index in [1.165, 1.54) is 11.3 Å². The van der Waals surface area contributed by atoms with Gasteiger partial charge in [0, 0.05) is 11.6 Å². The summed E-state index contributed by atoms with van der Waals surface area (Å²) in [5, 5.41) is 0.593. The minimum Gasteiger partial charge on any atom is -0.418 e. The number of para-hydroxylation sites is 1. The van der Waals surface area contributed by atoms with Gasteiger partial charge in [-0.05, 0) is 49.4 Å². The molecule has 1 aromatic heterocycles. The van der Waals surface area contributed by atoms with Gasteiger partial charge in [-0.25, -0.2) is 4.79 Å². The SMILES string of the molecule is Cc1ccc(OC(=O)c2sc3ccccc3[n+]2Cc2ccccc2)cc1.FC(F)(F)c1cc([B-](c2cc(C(F)(F)F)cc(C(F)(F)F)c2)(c2cc(C(F)(F)F)cc(C(F)(F)F)c2)c2cc(C(F)(F)F)cc(C(F)(F)F)c2)cc(C(F)(F)F)c1. The number of hydrogen-bond donors (Lipinski definition) is 0. The second kappa shape index (κ2) is 22.1. The lowest BCUT2D eigenvalue weighted by Gasteiger charge is -2.46. The first-order chi connectivity index (χ1) is 38.0. The van der Waals surface area contributed by atoms with Crippen LogP contribution in [0.25, 0.3) is 10.2 Å². The molecule has 0 bridgehead atoms. The molecule has 1 heterocycles. The van der Waals surface area contributed by atoms with E-state index in [1.54, 1.807) is 0 Å². The largest absolute Gasteiger partial charge is 0.420 e. The maximum absolute atomic E-state index is 14.2. The molecular weight excluding hydrogens is 1190 g/mol. The number of alkyl halides is 24. The molecule has 83 heavy (non-hydrogen) atoms. The van der Waals surface area contributed by atoms with Crippen molar-refractivity contribution in [2.24, 2.45) is 0 Å². The lowest BCUT2D eigenvalue weighted by molar-refractivity contribution is -0.660. The van der Waals surface area contributed by atoms with Gasteiger partial charge in [-0.2, -0.15) is 132 Å². The van der Waals surface area contributed by atoms with E-state index < -0.39 is 195 Å². The highest BCUT2D eigenvalue weighted by Crippen LogP contribution is 2.42. The molecule has 8 aromatic rings. The van der Waals surface area contributed by atoms with Gasteiger partial charge >= 0.3 is 60.4 Å². The smallest absolute Gasteiger partial charge is 0.418 e. The lowest BCUT2D eigenvalue weighted by Crippen LogP contribution is -2.75. The molecule has 0 spiro atoms. The molecule has 7 aromatic carbocycles. The first kappa shape index (κ1) is 62.9. The Labute approximate surface area is 454 Å². The van der Waals surface area contributed by atoms with Crippen LogP contribution in [0.4, 0.5) is 105 Å². The van der Waals surface area contributed by atoms with Gasteiger partial charge in [0.1, 0.15) is 16.6 Å². The second-order valence-electron chi connectivity index (χ2n) is 18.4. The third-order valence-corrected chi connectivity index (χ3v) is 13.8. The highest BCUT2D eigenvalue weighted by molar-refractivity contribution is 7.20. The number of aryl methyl sites for hydroxylation is 1. The predicted molar refractivity (Wildman–Crippen MR) is 254 cm³/mol. The Balaban J connectivity index is 0.000000313. The summed E-state index contributed by atoms with van der Waals surface area (Å²) in [6.45, 7) is 2.63. The zero-order valence-corrected chi connectivity index (χ0v) is 41.8. The van der Waals surface area contributed by atoms with Crippen LogP contribution in [0.5, 0.6) is 5.75 Å². The van der Waals surface area contributed by atoms with E-state index in [4.69, 9.17) is 4.74 Å². The van der Waals surface area contributed by atoms with Crippen molar-refractivity contribution in [2.75, 3.05) is 0 Å². The average Bonchev–Trinajstić information content (AvgIpc) is 3.30. The second-order valence-corrected chi connectivity index (χ2v) is 19.4. The summed E-state index contributed by atoms with van der Waals surface area (Å²) in [6.07, 6.45) is -54.8. The quantitative estimate of drug-likeness (QED) is 0.0499. The molecule has 8 rings (SSSR count). The fourth-order valence-corrected chi connectivity index (χ4v) is 9.97. The molecule has 440 valence electrons. The van der Waals surface area contributed by atoms with Gasteiger partial charge in [0.25, 0.3) is 0 Å². The van der Waals surface area contributed by atoms with E-state index >= 15 is 0 Å². The first-order valence-corrected chi connectivity index (χ1v) is 23.9. The minimum atomic E-state index is -6.13. The van der Waals surface area contributed by atoms with Crippen LogP contribution in [0.1, 0.15) is 65.4 Å². The molecule has 0 unspecified atom stereocenters. The van der Waals surface area contributed by atoms with Crippen molar-refractivity contribution in [3.05, 3.63) is 212 Å². The Bertz CT molecular complexity index is 3230. The predicted octanol–water partition coefficient (Wildman–Crippen LogP) is 16.0. The van der Waals surface area contributed by atoms with Crippen molar-refractivity contribution in [1.82, 2.24) is 0 Å². The molecule has 0 aliphatic heterocycles. The minimum absolute atomic E-state index is 0.328. The molecule has 0 radical (unpaired) electrons. The third-order valence-electron chi connectivity index (χ3n) is 12.6. The molecule has 0 fully saturated rings. The summed E-state index contributed by atoms with van der Waals surface area (Å²) in [7, 11) is 0. The van der Waals surface area contributed by atoms with Gasteiger partial charge in [-0.1, -0.05) is 120 Å². The topological polar surface area (TPSA) is 30.2 Å². The monoisotopic (exact) mass is 1220 g/mol. The lowest BCUT2D eigenvalue weighted by atomic mass is 9.12. The number of carbonyl (C=O) groups is 1. The summed E-state index contributed by atoms with van der Waals surface area (Å²) < 4.78 is 350. The average molecular weight is 1220 g/mol. The van der Waals surface area contributed by atoms with Crippen LogP contribution >= 0.6 is 11.3 Å². The molecule has 0 saturated carbocycles. The van der Waals surface area contributed by atoms with Crippen molar-refractivity contribution < 1.29 is 119 Å². The molecule has 0 amide bonds. The van der Waals surface area contributed by atoms with Gasteiger partial charge < -0.3 is 4.74 Å². The maximum Gasteiger partial charge on any atom is 0.420 e. The molecular formula is C54H30BF24NO2S. The number of thiazole rings is 1. The first-order valence-electron chi connectivity index (χ1n) is 23.1. The summed E-state index contributed by atoms with van der Waals surface area (Å²) in [6, 6.07) is 16.9. The van der Waals surface area contributed by atoms with Crippen molar-refractivity contribution in [1.29, 1.82) is 0 Å². The van der Waals surface area contributed by atoms with Crippen LogP contribution in [0.3, 0.4) is 0 Å². The van der Waals surface area contributed by atoms with Gasteiger partial charge in [0.15, 0.2) is 6.54 Å². The number of halogens is 24. The van der Waals surface area contributed by atoms with Crippen molar-refractivity contribution >= 4 is 55.5 Å². The number of aromatic nitrogens is 1. The Kier molecular flexibility index (Phi) is 16.8. The highest BCUT2D eigenvalue weighted by atomic mass is 32.1. The van der Waals surface area contributed by atoms with Crippen molar-refractivity contribution in [2.45, 2.75) is 62.9 Å². The van der Waals surface area contributed by atoms with Gasteiger partial charge in [0.2, 0.25) is 5.52 Å². The Hall–Kier alpha value is -7.72. The number of esters is 1. The fourth-order valence-electron chi connectivity index (χ4n) is 8.94. The Morgan fingerprint density at radius 2 is 0.687 bits per heavy atom.